The van der Waals surface area contributed by atoms with Crippen molar-refractivity contribution in [3.8, 4) is 0 Å². The van der Waals surface area contributed by atoms with Crippen molar-refractivity contribution in [2.24, 2.45) is 0 Å². The molecule has 290 valence electrons. The number of hydrogen-bond acceptors (Lipinski definition) is 3. The Morgan fingerprint density at radius 2 is 1.16 bits per heavy atom. The van der Waals surface area contributed by atoms with E-state index in [1.165, 1.54) is 50.8 Å². The molecule has 0 spiro atoms. The molecule has 0 N–H and O–H groups in total. The van der Waals surface area contributed by atoms with Gasteiger partial charge >= 0.3 is 5.97 Å². The third kappa shape index (κ3) is 8.72. The smallest absolute Gasteiger partial charge is 0.305 e. The van der Waals surface area contributed by atoms with Crippen LogP contribution in [0, 0.1) is 0 Å². The summed E-state index contributed by atoms with van der Waals surface area (Å²) in [5, 5.41) is 4.31. The van der Waals surface area contributed by atoms with Crippen LogP contribution >= 0.6 is 11.6 Å². The zero-order chi connectivity index (χ0) is 39.8. The molecule has 7 aromatic rings. The van der Waals surface area contributed by atoms with Crippen molar-refractivity contribution >= 4 is 47.2 Å². The molecule has 0 aliphatic carbocycles. The highest BCUT2D eigenvalue weighted by Crippen LogP contribution is 2.40. The number of aryl methyl sites for hydroxylation is 3. The molecule has 0 aliphatic heterocycles. The lowest BCUT2D eigenvalue weighted by molar-refractivity contribution is -0.140. The lowest BCUT2D eigenvalue weighted by atomic mass is 9.97. The molecule has 0 saturated heterocycles. The van der Waals surface area contributed by atoms with Crippen molar-refractivity contribution < 1.29 is 14.0 Å². The molecule has 0 atom stereocenters. The van der Waals surface area contributed by atoms with Crippen LogP contribution in [0.15, 0.2) is 164 Å². The number of carbonyl (C=O) groups is 1. The van der Waals surface area contributed by atoms with Crippen LogP contribution in [-0.2, 0) is 39.6 Å². The predicted octanol–water partition coefficient (Wildman–Crippen LogP) is 10.9. The molecule has 0 saturated carbocycles. The second-order valence-corrected chi connectivity index (χ2v) is 20.6. The summed E-state index contributed by atoms with van der Waals surface area (Å²) in [6.07, 6.45) is 3.44. The molecule has 0 bridgehead atoms. The van der Waals surface area contributed by atoms with E-state index in [4.69, 9.17) is 20.8 Å². The highest BCUT2D eigenvalue weighted by molar-refractivity contribution is 6.99. The van der Waals surface area contributed by atoms with E-state index in [2.05, 4.69) is 183 Å². The number of esters is 1. The number of carbonyl (C=O) groups excluding carboxylic acids is 1. The summed E-state index contributed by atoms with van der Waals surface area (Å²) in [5.74, 6) is -0.190. The zero-order valence-corrected chi connectivity index (χ0v) is 35.2. The van der Waals surface area contributed by atoms with Gasteiger partial charge in [-0.25, -0.2) is 0 Å². The number of hydrogen-bond donors (Lipinski definition) is 0. The molecule has 0 aliphatic rings. The quantitative estimate of drug-likeness (QED) is 0.0767. The van der Waals surface area contributed by atoms with Crippen LogP contribution in [0.2, 0.25) is 10.1 Å². The SMILES string of the molecule is COC(=O)CCc1ccc(CCc2c(CCO[Si](c3ccccc3)(c3ccccc3)C(C)(C)C)n(C(c3ccccc3)c3ccccc3)c3ccc(Cl)cc23)cc1. The standard InChI is InChI=1S/C51H52ClNO3Si/c1-51(2,3)57(43-21-13-7-14-22-43,44-23-15-8-16-24-44)56-36-35-48-45(32-29-38-25-27-39(28-26-38)30-34-49(54)55-4)46-37-42(52)31-33-47(46)53(48)50(40-17-9-5-10-18-40)41-19-11-6-12-20-41/h5-28,31,33,37,50H,29-30,32,34-36H2,1-4H3. The first-order valence-electron chi connectivity index (χ1n) is 20.0. The third-order valence-corrected chi connectivity index (χ3v) is 16.6. The Hall–Kier alpha value is -5.20. The Labute approximate surface area is 344 Å². The van der Waals surface area contributed by atoms with Gasteiger partial charge in [-0.05, 0) is 80.7 Å². The van der Waals surface area contributed by atoms with E-state index in [0.29, 0.717) is 19.4 Å². The van der Waals surface area contributed by atoms with Gasteiger partial charge in [-0.15, -0.1) is 0 Å². The number of methoxy groups -OCH3 is 1. The average Bonchev–Trinajstić information content (AvgIpc) is 3.53. The molecule has 0 amide bonds. The molecule has 0 radical (unpaired) electrons. The minimum Gasteiger partial charge on any atom is -0.469 e. The minimum atomic E-state index is -2.79. The molecular formula is C51H52ClNO3Si. The largest absolute Gasteiger partial charge is 0.469 e. The monoisotopic (exact) mass is 789 g/mol. The van der Waals surface area contributed by atoms with E-state index in [-0.39, 0.29) is 17.0 Å². The fourth-order valence-electron chi connectivity index (χ4n) is 8.57. The van der Waals surface area contributed by atoms with Crippen molar-refractivity contribution in [2.75, 3.05) is 13.7 Å². The summed E-state index contributed by atoms with van der Waals surface area (Å²) in [4.78, 5) is 11.8. The van der Waals surface area contributed by atoms with Gasteiger partial charge in [0.2, 0.25) is 0 Å². The van der Waals surface area contributed by atoms with Crippen molar-refractivity contribution in [3.63, 3.8) is 0 Å². The van der Waals surface area contributed by atoms with E-state index in [1.807, 2.05) is 6.07 Å². The molecule has 1 aromatic heterocycles. The maximum absolute atomic E-state index is 11.8. The first-order valence-corrected chi connectivity index (χ1v) is 22.3. The number of nitrogens with zero attached hydrogens (tertiary/aromatic N) is 1. The zero-order valence-electron chi connectivity index (χ0n) is 33.5. The average molecular weight is 791 g/mol. The topological polar surface area (TPSA) is 40.5 Å². The summed E-state index contributed by atoms with van der Waals surface area (Å²) in [5.41, 5.74) is 8.53. The number of aromatic nitrogens is 1. The van der Waals surface area contributed by atoms with E-state index < -0.39 is 8.32 Å². The maximum atomic E-state index is 11.8. The number of fused-ring (bicyclic) bond motifs is 1. The number of ether oxygens (including phenoxy) is 1. The highest BCUT2D eigenvalue weighted by atomic mass is 35.5. The minimum absolute atomic E-state index is 0.0678. The van der Waals surface area contributed by atoms with E-state index in [1.54, 1.807) is 0 Å². The molecule has 6 heteroatoms. The summed E-state index contributed by atoms with van der Waals surface area (Å²) in [6, 6.07) is 58.4. The highest BCUT2D eigenvalue weighted by Gasteiger charge is 2.50. The van der Waals surface area contributed by atoms with Gasteiger partial charge in [0.1, 0.15) is 0 Å². The molecule has 4 nitrogen and oxygen atoms in total. The summed E-state index contributed by atoms with van der Waals surface area (Å²) in [7, 11) is -1.36. The van der Waals surface area contributed by atoms with Crippen molar-refractivity contribution in [3.05, 3.63) is 202 Å². The molecule has 7 rings (SSSR count). The van der Waals surface area contributed by atoms with E-state index in [0.717, 1.165) is 35.4 Å². The van der Waals surface area contributed by atoms with Gasteiger partial charge in [0.15, 0.2) is 0 Å². The van der Waals surface area contributed by atoms with Crippen LogP contribution in [-0.4, -0.2) is 32.6 Å². The summed E-state index contributed by atoms with van der Waals surface area (Å²) >= 11 is 6.85. The molecule has 0 unspecified atom stereocenters. The van der Waals surface area contributed by atoms with Crippen LogP contribution < -0.4 is 10.4 Å². The molecular weight excluding hydrogens is 738 g/mol. The van der Waals surface area contributed by atoms with Gasteiger partial charge < -0.3 is 13.7 Å². The van der Waals surface area contributed by atoms with Crippen LogP contribution in [0.3, 0.4) is 0 Å². The maximum Gasteiger partial charge on any atom is 0.305 e. The van der Waals surface area contributed by atoms with Gasteiger partial charge in [0, 0.05) is 41.1 Å². The lowest BCUT2D eigenvalue weighted by Crippen LogP contribution is -2.66. The van der Waals surface area contributed by atoms with Crippen molar-refractivity contribution in [1.82, 2.24) is 4.57 Å². The van der Waals surface area contributed by atoms with Crippen molar-refractivity contribution in [2.45, 2.75) is 64.0 Å². The Kier molecular flexibility index (Phi) is 12.6. The molecule has 0 fully saturated rings. The fourth-order valence-corrected chi connectivity index (χ4v) is 13.3. The summed E-state index contributed by atoms with van der Waals surface area (Å²) in [6.45, 7) is 7.57. The lowest BCUT2D eigenvalue weighted by Gasteiger charge is -2.43. The Bertz CT molecular complexity index is 2290. The van der Waals surface area contributed by atoms with Crippen LogP contribution in [0.4, 0.5) is 0 Å². The van der Waals surface area contributed by atoms with Gasteiger partial charge in [0.25, 0.3) is 8.32 Å². The van der Waals surface area contributed by atoms with E-state index >= 15 is 0 Å². The number of benzene rings is 6. The Balaban J connectivity index is 1.35. The Morgan fingerprint density at radius 3 is 1.67 bits per heavy atom. The van der Waals surface area contributed by atoms with Crippen LogP contribution in [0.5, 0.6) is 0 Å². The van der Waals surface area contributed by atoms with Gasteiger partial charge in [-0.2, -0.15) is 0 Å². The van der Waals surface area contributed by atoms with Gasteiger partial charge in [-0.3, -0.25) is 4.79 Å². The second kappa shape index (κ2) is 17.9. The second-order valence-electron chi connectivity index (χ2n) is 15.8. The van der Waals surface area contributed by atoms with Gasteiger partial charge in [0.05, 0.1) is 13.2 Å². The molecule has 57 heavy (non-hydrogen) atoms. The van der Waals surface area contributed by atoms with Crippen molar-refractivity contribution in [1.29, 1.82) is 0 Å². The van der Waals surface area contributed by atoms with Crippen LogP contribution in [0.25, 0.3) is 10.9 Å². The summed E-state index contributed by atoms with van der Waals surface area (Å²) < 4.78 is 15.0. The third-order valence-electron chi connectivity index (χ3n) is 11.3. The van der Waals surface area contributed by atoms with E-state index in [9.17, 15) is 4.79 Å². The normalized spacial score (nSPS) is 12.0. The van der Waals surface area contributed by atoms with Crippen LogP contribution in [0.1, 0.15) is 66.7 Å². The predicted molar refractivity (Wildman–Crippen MR) is 239 cm³/mol. The van der Waals surface area contributed by atoms with Gasteiger partial charge in [-0.1, -0.05) is 178 Å². The first kappa shape index (κ1) is 40.0. The number of halogens is 1. The number of rotatable bonds is 15. The Morgan fingerprint density at radius 1 is 0.649 bits per heavy atom. The molecule has 1 heterocycles. The first-order chi connectivity index (χ1) is 27.7. The fraction of sp³-hybridized carbons (Fsp3) is 0.235. The molecule has 6 aromatic carbocycles.